The largest absolute Gasteiger partial charge is 0.486 e. The van der Waals surface area contributed by atoms with Crippen LogP contribution >= 0.6 is 0 Å². The number of anilines is 4. The fraction of sp³-hybridized carbons (Fsp3) is 0.167. The van der Waals surface area contributed by atoms with E-state index in [2.05, 4.69) is 25.8 Å². The minimum absolute atomic E-state index is 0.117. The summed E-state index contributed by atoms with van der Waals surface area (Å²) < 4.78 is 50.4. The fourth-order valence-corrected chi connectivity index (χ4v) is 2.64. The number of halogens is 3. The molecule has 144 valence electrons. The topological polar surface area (TPSA) is 81.2 Å². The number of aromatic nitrogens is 3. The monoisotopic (exact) mass is 389 g/mol. The number of ether oxygens (including phenoxy) is 2. The standard InChI is InChI=1S/C18H14F3N5O2/c19-18(20,21)12-3-1-2-4-13(12)24-16-10-22-26-17(25-16)23-11-5-6-14-15(9-11)28-8-7-27-14/h1-6,9-10H,7-8H2,(H2,23,24,25,26). The van der Waals surface area contributed by atoms with E-state index in [0.29, 0.717) is 30.4 Å². The number of hydrogen-bond acceptors (Lipinski definition) is 7. The van der Waals surface area contributed by atoms with Crippen molar-refractivity contribution >= 4 is 23.1 Å². The van der Waals surface area contributed by atoms with Crippen LogP contribution in [0.3, 0.4) is 0 Å². The normalized spacial score (nSPS) is 13.1. The Kier molecular flexibility index (Phi) is 4.60. The zero-order valence-electron chi connectivity index (χ0n) is 14.3. The minimum Gasteiger partial charge on any atom is -0.486 e. The van der Waals surface area contributed by atoms with E-state index in [1.807, 2.05) is 0 Å². The van der Waals surface area contributed by atoms with Gasteiger partial charge < -0.3 is 20.1 Å². The molecule has 0 unspecified atom stereocenters. The number of para-hydroxylation sites is 1. The molecule has 2 N–H and O–H groups in total. The molecular formula is C18H14F3N5O2. The van der Waals surface area contributed by atoms with Gasteiger partial charge in [0.25, 0.3) is 0 Å². The van der Waals surface area contributed by atoms with Crippen molar-refractivity contribution in [1.82, 2.24) is 15.2 Å². The minimum atomic E-state index is -4.49. The summed E-state index contributed by atoms with van der Waals surface area (Å²) in [6, 6.07) is 10.3. The molecule has 0 amide bonds. The van der Waals surface area contributed by atoms with Gasteiger partial charge in [-0.25, -0.2) is 0 Å². The second-order valence-corrected chi connectivity index (χ2v) is 5.82. The molecule has 1 aliphatic heterocycles. The lowest BCUT2D eigenvalue weighted by Crippen LogP contribution is -2.15. The van der Waals surface area contributed by atoms with E-state index in [1.165, 1.54) is 24.4 Å². The van der Waals surface area contributed by atoms with Crippen molar-refractivity contribution < 1.29 is 22.6 Å². The quantitative estimate of drug-likeness (QED) is 0.694. The molecule has 0 saturated heterocycles. The van der Waals surface area contributed by atoms with E-state index in [0.717, 1.165) is 6.07 Å². The highest BCUT2D eigenvalue weighted by Crippen LogP contribution is 2.36. The summed E-state index contributed by atoms with van der Waals surface area (Å²) in [5.41, 5.74) is -0.297. The Hall–Kier alpha value is -3.56. The van der Waals surface area contributed by atoms with Gasteiger partial charge in [0.15, 0.2) is 17.3 Å². The van der Waals surface area contributed by atoms with Gasteiger partial charge in [0.2, 0.25) is 5.95 Å². The number of hydrogen-bond donors (Lipinski definition) is 2. The number of nitrogens with one attached hydrogen (secondary N) is 2. The van der Waals surface area contributed by atoms with Crippen LogP contribution in [0.1, 0.15) is 5.56 Å². The molecule has 0 fully saturated rings. The molecule has 1 aromatic heterocycles. The van der Waals surface area contributed by atoms with Crippen molar-refractivity contribution in [3.05, 3.63) is 54.2 Å². The summed E-state index contributed by atoms with van der Waals surface area (Å²) in [6.45, 7) is 0.937. The van der Waals surface area contributed by atoms with Crippen molar-refractivity contribution in [1.29, 1.82) is 0 Å². The number of rotatable bonds is 4. The summed E-state index contributed by atoms with van der Waals surface area (Å²) in [6.07, 6.45) is -3.25. The highest BCUT2D eigenvalue weighted by atomic mass is 19.4. The Bertz CT molecular complexity index is 997. The van der Waals surface area contributed by atoms with Crippen LogP contribution in [0.25, 0.3) is 0 Å². The van der Waals surface area contributed by atoms with Crippen LogP contribution in [-0.2, 0) is 6.18 Å². The van der Waals surface area contributed by atoms with Crippen molar-refractivity contribution in [2.75, 3.05) is 23.8 Å². The molecule has 10 heteroatoms. The summed E-state index contributed by atoms with van der Waals surface area (Å²) in [4.78, 5) is 4.16. The third-order valence-corrected chi connectivity index (χ3v) is 3.85. The number of alkyl halides is 3. The molecule has 4 rings (SSSR count). The summed E-state index contributed by atoms with van der Waals surface area (Å²) in [5.74, 6) is 1.45. The third-order valence-electron chi connectivity index (χ3n) is 3.85. The predicted octanol–water partition coefficient (Wildman–Crippen LogP) is 4.15. The van der Waals surface area contributed by atoms with Crippen LogP contribution in [0, 0.1) is 0 Å². The van der Waals surface area contributed by atoms with E-state index < -0.39 is 11.7 Å². The Balaban J connectivity index is 1.54. The van der Waals surface area contributed by atoms with Gasteiger partial charge in [0.1, 0.15) is 13.2 Å². The van der Waals surface area contributed by atoms with Gasteiger partial charge in [-0.1, -0.05) is 12.1 Å². The van der Waals surface area contributed by atoms with E-state index in [-0.39, 0.29) is 17.5 Å². The molecule has 0 radical (unpaired) electrons. The lowest BCUT2D eigenvalue weighted by atomic mass is 10.1. The molecule has 28 heavy (non-hydrogen) atoms. The molecule has 3 aromatic rings. The van der Waals surface area contributed by atoms with Gasteiger partial charge in [-0.2, -0.15) is 23.3 Å². The zero-order valence-corrected chi connectivity index (χ0v) is 14.3. The SMILES string of the molecule is FC(F)(F)c1ccccc1Nc1cnnc(Nc2ccc3c(c2)OCCO3)n1. The van der Waals surface area contributed by atoms with Gasteiger partial charge in [-0.3, -0.25) is 0 Å². The lowest BCUT2D eigenvalue weighted by molar-refractivity contribution is -0.136. The van der Waals surface area contributed by atoms with Crippen LogP contribution < -0.4 is 20.1 Å². The van der Waals surface area contributed by atoms with Gasteiger partial charge >= 0.3 is 6.18 Å². The highest BCUT2D eigenvalue weighted by Gasteiger charge is 2.33. The first-order valence-electron chi connectivity index (χ1n) is 8.29. The van der Waals surface area contributed by atoms with Crippen LogP contribution in [-0.4, -0.2) is 28.4 Å². The van der Waals surface area contributed by atoms with E-state index in [4.69, 9.17) is 9.47 Å². The molecule has 0 atom stereocenters. The maximum absolute atomic E-state index is 13.1. The van der Waals surface area contributed by atoms with E-state index in [9.17, 15) is 13.2 Å². The highest BCUT2D eigenvalue weighted by molar-refractivity contribution is 5.63. The van der Waals surface area contributed by atoms with E-state index in [1.54, 1.807) is 18.2 Å². The average molecular weight is 389 g/mol. The molecule has 2 heterocycles. The molecular weight excluding hydrogens is 375 g/mol. The maximum atomic E-state index is 13.1. The lowest BCUT2D eigenvalue weighted by Gasteiger charge is -2.19. The number of nitrogens with zero attached hydrogens (tertiary/aromatic N) is 3. The first-order chi connectivity index (χ1) is 13.5. The molecule has 0 bridgehead atoms. The molecule has 0 aliphatic carbocycles. The van der Waals surface area contributed by atoms with Crippen LogP contribution in [0.2, 0.25) is 0 Å². The van der Waals surface area contributed by atoms with Gasteiger partial charge in [-0.15, -0.1) is 5.10 Å². The van der Waals surface area contributed by atoms with Crippen molar-refractivity contribution in [2.24, 2.45) is 0 Å². The van der Waals surface area contributed by atoms with Crippen molar-refractivity contribution in [2.45, 2.75) is 6.18 Å². The third kappa shape index (κ3) is 3.90. The second kappa shape index (κ2) is 7.22. The first-order valence-corrected chi connectivity index (χ1v) is 8.29. The predicted molar refractivity (Wildman–Crippen MR) is 95.3 cm³/mol. The van der Waals surface area contributed by atoms with Crippen molar-refractivity contribution in [3.63, 3.8) is 0 Å². The Morgan fingerprint density at radius 3 is 2.54 bits per heavy atom. The Morgan fingerprint density at radius 1 is 0.929 bits per heavy atom. The van der Waals surface area contributed by atoms with Crippen LogP contribution in [0.5, 0.6) is 11.5 Å². The van der Waals surface area contributed by atoms with Gasteiger partial charge in [0, 0.05) is 11.8 Å². The number of benzene rings is 2. The fourth-order valence-electron chi connectivity index (χ4n) is 2.64. The molecule has 0 spiro atoms. The van der Waals surface area contributed by atoms with E-state index >= 15 is 0 Å². The average Bonchev–Trinajstić information content (AvgIpc) is 2.68. The van der Waals surface area contributed by atoms with Gasteiger partial charge in [-0.05, 0) is 24.3 Å². The molecule has 0 saturated carbocycles. The maximum Gasteiger partial charge on any atom is 0.418 e. The smallest absolute Gasteiger partial charge is 0.418 e. The van der Waals surface area contributed by atoms with Crippen LogP contribution in [0.15, 0.2) is 48.7 Å². The Morgan fingerprint density at radius 2 is 1.71 bits per heavy atom. The van der Waals surface area contributed by atoms with Crippen molar-refractivity contribution in [3.8, 4) is 11.5 Å². The van der Waals surface area contributed by atoms with Crippen LogP contribution in [0.4, 0.5) is 36.3 Å². The molecule has 7 nitrogen and oxygen atoms in total. The molecule has 1 aliphatic rings. The zero-order chi connectivity index (χ0) is 19.6. The second-order valence-electron chi connectivity index (χ2n) is 5.82. The molecule has 2 aromatic carbocycles. The van der Waals surface area contributed by atoms with Gasteiger partial charge in [0.05, 0.1) is 17.4 Å². The first kappa shape index (κ1) is 17.8. The summed E-state index contributed by atoms with van der Waals surface area (Å²) in [7, 11) is 0. The summed E-state index contributed by atoms with van der Waals surface area (Å²) >= 11 is 0. The summed E-state index contributed by atoms with van der Waals surface area (Å²) in [5, 5.41) is 13.2. The number of fused-ring (bicyclic) bond motifs is 1. The Labute approximate surface area is 157 Å².